The van der Waals surface area contributed by atoms with Gasteiger partial charge in [-0.15, -0.1) is 0 Å². The number of aliphatic hydroxyl groups is 1. The van der Waals surface area contributed by atoms with Crippen molar-refractivity contribution in [3.8, 4) is 0 Å². The van der Waals surface area contributed by atoms with Crippen molar-refractivity contribution in [1.82, 2.24) is 4.90 Å². The number of ether oxygens (including phenoxy) is 2. The highest BCUT2D eigenvalue weighted by molar-refractivity contribution is 5.76. The number of carboxylic acids is 1. The average molecular weight is 263 g/mol. The lowest BCUT2D eigenvalue weighted by Crippen LogP contribution is -2.33. The number of carbonyl (C=O) groups is 2. The number of hydrogen-bond acceptors (Lipinski definition) is 6. The van der Waals surface area contributed by atoms with Gasteiger partial charge in [0.15, 0.2) is 0 Å². The van der Waals surface area contributed by atoms with E-state index in [4.69, 9.17) is 19.7 Å². The normalized spacial score (nSPS) is 10.6. The Balaban J connectivity index is 3.69. The van der Waals surface area contributed by atoms with Crippen LogP contribution in [0.4, 0.5) is 0 Å². The Morgan fingerprint density at radius 2 is 1.78 bits per heavy atom. The number of carboxylic acid groups (broad SMARTS) is 1. The van der Waals surface area contributed by atoms with Crippen LogP contribution in [0.1, 0.15) is 12.8 Å². The Labute approximate surface area is 106 Å². The molecule has 18 heavy (non-hydrogen) atoms. The molecule has 0 radical (unpaired) electrons. The first-order valence-corrected chi connectivity index (χ1v) is 5.79. The number of rotatable bonds is 11. The van der Waals surface area contributed by atoms with Crippen LogP contribution in [-0.2, 0) is 19.1 Å². The van der Waals surface area contributed by atoms with Crippen LogP contribution in [0.25, 0.3) is 0 Å². The standard InChI is InChI=1S/C11H21NO6/c1-17-8-5-12(4-7-13)6-9-18-11(16)3-2-10(14)15/h13H,2-9H2,1H3,(H,14,15). The summed E-state index contributed by atoms with van der Waals surface area (Å²) in [5, 5.41) is 17.2. The van der Waals surface area contributed by atoms with Crippen LogP contribution in [0.2, 0.25) is 0 Å². The van der Waals surface area contributed by atoms with Crippen molar-refractivity contribution in [3.63, 3.8) is 0 Å². The number of aliphatic carboxylic acids is 1. The zero-order valence-electron chi connectivity index (χ0n) is 10.6. The number of esters is 1. The van der Waals surface area contributed by atoms with Gasteiger partial charge in [-0.05, 0) is 0 Å². The second-order valence-electron chi connectivity index (χ2n) is 3.67. The van der Waals surface area contributed by atoms with E-state index in [9.17, 15) is 9.59 Å². The van der Waals surface area contributed by atoms with Crippen LogP contribution >= 0.6 is 0 Å². The molecule has 0 atom stereocenters. The Hall–Kier alpha value is -1.18. The summed E-state index contributed by atoms with van der Waals surface area (Å²) in [6.07, 6.45) is -0.337. The molecule has 2 N–H and O–H groups in total. The van der Waals surface area contributed by atoms with Crippen LogP contribution in [-0.4, -0.2) is 73.6 Å². The first-order chi connectivity index (χ1) is 8.60. The van der Waals surface area contributed by atoms with Gasteiger partial charge in [-0.1, -0.05) is 0 Å². The molecular weight excluding hydrogens is 242 g/mol. The fourth-order valence-corrected chi connectivity index (χ4v) is 1.27. The highest BCUT2D eigenvalue weighted by Crippen LogP contribution is 1.94. The fraction of sp³-hybridized carbons (Fsp3) is 0.818. The highest BCUT2D eigenvalue weighted by atomic mass is 16.5. The molecule has 106 valence electrons. The van der Waals surface area contributed by atoms with E-state index in [1.165, 1.54) is 0 Å². The molecule has 0 amide bonds. The lowest BCUT2D eigenvalue weighted by atomic mass is 10.3. The maximum Gasteiger partial charge on any atom is 0.306 e. The Bertz CT molecular complexity index is 246. The average Bonchev–Trinajstić information content (AvgIpc) is 2.33. The second-order valence-corrected chi connectivity index (χ2v) is 3.67. The Kier molecular flexibility index (Phi) is 10.2. The van der Waals surface area contributed by atoms with Gasteiger partial charge in [-0.3, -0.25) is 14.5 Å². The largest absolute Gasteiger partial charge is 0.481 e. The minimum Gasteiger partial charge on any atom is -0.481 e. The Morgan fingerprint density at radius 3 is 2.33 bits per heavy atom. The Morgan fingerprint density at radius 1 is 1.11 bits per heavy atom. The minimum atomic E-state index is -1.02. The number of aliphatic hydroxyl groups excluding tert-OH is 1. The molecule has 7 heteroatoms. The summed E-state index contributed by atoms with van der Waals surface area (Å²) in [5.74, 6) is -1.54. The van der Waals surface area contributed by atoms with Gasteiger partial charge < -0.3 is 19.7 Å². The number of hydrogen-bond donors (Lipinski definition) is 2. The molecule has 0 bridgehead atoms. The smallest absolute Gasteiger partial charge is 0.306 e. The first-order valence-electron chi connectivity index (χ1n) is 5.79. The van der Waals surface area contributed by atoms with Crippen molar-refractivity contribution in [3.05, 3.63) is 0 Å². The summed E-state index contributed by atoms with van der Waals surface area (Å²) in [7, 11) is 1.59. The van der Waals surface area contributed by atoms with Crippen molar-refractivity contribution in [2.45, 2.75) is 12.8 Å². The third-order valence-electron chi connectivity index (χ3n) is 2.24. The van der Waals surface area contributed by atoms with Gasteiger partial charge in [0.05, 0.1) is 26.1 Å². The summed E-state index contributed by atoms with van der Waals surface area (Å²) < 4.78 is 9.80. The summed E-state index contributed by atoms with van der Waals surface area (Å²) >= 11 is 0. The number of methoxy groups -OCH3 is 1. The fourth-order valence-electron chi connectivity index (χ4n) is 1.27. The van der Waals surface area contributed by atoms with Crippen molar-refractivity contribution >= 4 is 11.9 Å². The maximum absolute atomic E-state index is 11.1. The summed E-state index contributed by atoms with van der Waals surface area (Å²) in [5.41, 5.74) is 0. The molecule has 7 nitrogen and oxygen atoms in total. The monoisotopic (exact) mass is 263 g/mol. The van der Waals surface area contributed by atoms with E-state index in [1.807, 2.05) is 4.90 Å². The molecule has 0 unspecified atom stereocenters. The van der Waals surface area contributed by atoms with Crippen molar-refractivity contribution in [2.75, 3.05) is 46.6 Å². The molecule has 0 spiro atoms. The van der Waals surface area contributed by atoms with E-state index < -0.39 is 11.9 Å². The molecule has 0 saturated heterocycles. The molecule has 0 aliphatic heterocycles. The van der Waals surface area contributed by atoms with Crippen LogP contribution in [0.3, 0.4) is 0 Å². The summed E-state index contributed by atoms with van der Waals surface area (Å²) in [4.78, 5) is 23.3. The van der Waals surface area contributed by atoms with Gasteiger partial charge in [-0.25, -0.2) is 0 Å². The molecule has 0 aromatic heterocycles. The van der Waals surface area contributed by atoms with E-state index in [2.05, 4.69) is 0 Å². The third kappa shape index (κ3) is 10.0. The zero-order chi connectivity index (χ0) is 13.8. The van der Waals surface area contributed by atoms with Crippen LogP contribution in [0.5, 0.6) is 0 Å². The van der Waals surface area contributed by atoms with Gasteiger partial charge in [-0.2, -0.15) is 0 Å². The molecule has 0 aliphatic rings. The topological polar surface area (TPSA) is 96.3 Å². The van der Waals surface area contributed by atoms with E-state index in [1.54, 1.807) is 7.11 Å². The molecule has 0 aromatic carbocycles. The summed E-state index contributed by atoms with van der Waals surface area (Å²) in [6.45, 7) is 2.36. The third-order valence-corrected chi connectivity index (χ3v) is 2.24. The van der Waals surface area contributed by atoms with E-state index in [0.29, 0.717) is 26.2 Å². The van der Waals surface area contributed by atoms with Crippen molar-refractivity contribution in [2.24, 2.45) is 0 Å². The molecule has 0 saturated carbocycles. The lowest BCUT2D eigenvalue weighted by Gasteiger charge is -2.20. The highest BCUT2D eigenvalue weighted by Gasteiger charge is 2.08. The van der Waals surface area contributed by atoms with Gasteiger partial charge in [0.1, 0.15) is 6.61 Å². The maximum atomic E-state index is 11.1. The van der Waals surface area contributed by atoms with Crippen molar-refractivity contribution < 1.29 is 29.3 Å². The zero-order valence-corrected chi connectivity index (χ0v) is 10.6. The molecule has 0 aliphatic carbocycles. The van der Waals surface area contributed by atoms with Crippen molar-refractivity contribution in [1.29, 1.82) is 0 Å². The first kappa shape index (κ1) is 16.8. The quantitative estimate of drug-likeness (QED) is 0.477. The molecule has 0 fully saturated rings. The molecule has 0 aromatic rings. The van der Waals surface area contributed by atoms with E-state index in [0.717, 1.165) is 0 Å². The molecular formula is C11H21NO6. The lowest BCUT2D eigenvalue weighted by molar-refractivity contribution is -0.148. The number of carbonyl (C=O) groups excluding carboxylic acids is 1. The minimum absolute atomic E-state index is 0.0245. The van der Waals surface area contributed by atoms with Gasteiger partial charge in [0, 0.05) is 26.7 Å². The second kappa shape index (κ2) is 10.9. The van der Waals surface area contributed by atoms with Crippen LogP contribution < -0.4 is 0 Å². The van der Waals surface area contributed by atoms with Crippen LogP contribution in [0.15, 0.2) is 0 Å². The van der Waals surface area contributed by atoms with Gasteiger partial charge in [0.25, 0.3) is 0 Å². The van der Waals surface area contributed by atoms with Gasteiger partial charge >= 0.3 is 11.9 Å². The number of nitrogens with zero attached hydrogens (tertiary/aromatic N) is 1. The summed E-state index contributed by atoms with van der Waals surface area (Å²) in [6, 6.07) is 0. The molecule has 0 heterocycles. The van der Waals surface area contributed by atoms with E-state index >= 15 is 0 Å². The van der Waals surface area contributed by atoms with Crippen LogP contribution in [0, 0.1) is 0 Å². The SMILES string of the molecule is COCCN(CCO)CCOC(=O)CCC(=O)O. The molecule has 0 rings (SSSR count). The van der Waals surface area contributed by atoms with Gasteiger partial charge in [0.2, 0.25) is 0 Å². The predicted octanol–water partition coefficient (Wildman–Crippen LogP) is -0.665. The van der Waals surface area contributed by atoms with E-state index in [-0.39, 0.29) is 26.1 Å². The predicted molar refractivity (Wildman–Crippen MR) is 63.2 cm³/mol.